The topological polar surface area (TPSA) is 70.1 Å². The number of carboxylic acids is 1. The number of carbonyl (C=O) groups is 2. The molecular formula is C21H22N2O4. The lowest BCUT2D eigenvalue weighted by molar-refractivity contribution is -0.142. The van der Waals surface area contributed by atoms with Crippen LogP contribution in [0.1, 0.15) is 21.5 Å². The number of amides is 1. The molecule has 1 saturated heterocycles. The summed E-state index contributed by atoms with van der Waals surface area (Å²) in [6.07, 6.45) is 0.334. The molecule has 2 heterocycles. The lowest BCUT2D eigenvalue weighted by atomic mass is 9.93. The second-order valence-electron chi connectivity index (χ2n) is 6.91. The minimum atomic E-state index is -0.970. The summed E-state index contributed by atoms with van der Waals surface area (Å²) in [5, 5.41) is 9.67. The van der Waals surface area contributed by atoms with Crippen LogP contribution in [0.25, 0.3) is 0 Å². The Morgan fingerprint density at radius 3 is 2.48 bits per heavy atom. The highest BCUT2D eigenvalue weighted by atomic mass is 16.5. The van der Waals surface area contributed by atoms with Crippen LogP contribution < -0.4 is 4.90 Å². The third-order valence-corrected chi connectivity index (χ3v) is 5.26. The monoisotopic (exact) mass is 366 g/mol. The van der Waals surface area contributed by atoms with Gasteiger partial charge in [0.25, 0.3) is 5.91 Å². The Kier molecular flexibility index (Phi) is 4.81. The summed E-state index contributed by atoms with van der Waals surface area (Å²) in [7, 11) is 0. The number of rotatable bonds is 3. The number of nitrogens with zero attached hydrogens (tertiary/aromatic N) is 2. The molecule has 27 heavy (non-hydrogen) atoms. The maximum atomic E-state index is 13.2. The highest BCUT2D eigenvalue weighted by Gasteiger charge is 2.35. The summed E-state index contributed by atoms with van der Waals surface area (Å²) >= 11 is 0. The number of anilines is 1. The van der Waals surface area contributed by atoms with Gasteiger partial charge in [0.05, 0.1) is 13.2 Å². The van der Waals surface area contributed by atoms with Gasteiger partial charge in [-0.1, -0.05) is 30.3 Å². The number of benzene rings is 2. The number of carboxylic acid groups (broad SMARTS) is 1. The molecule has 1 unspecified atom stereocenters. The summed E-state index contributed by atoms with van der Waals surface area (Å²) < 4.78 is 5.39. The van der Waals surface area contributed by atoms with E-state index in [1.807, 2.05) is 42.5 Å². The normalized spacial score (nSPS) is 19.5. The highest BCUT2D eigenvalue weighted by Crippen LogP contribution is 2.26. The molecule has 6 nitrogen and oxygen atoms in total. The van der Waals surface area contributed by atoms with Gasteiger partial charge in [-0.05, 0) is 29.3 Å². The molecule has 0 saturated carbocycles. The summed E-state index contributed by atoms with van der Waals surface area (Å²) in [6.45, 7) is 3.22. The SMILES string of the molecule is O=C(O)C1Cc2ccccc2CN1C(=O)c1cccc(N2CCOCC2)c1. The van der Waals surface area contributed by atoms with Crippen LogP contribution in [0, 0.1) is 0 Å². The zero-order chi connectivity index (χ0) is 18.8. The molecule has 2 aliphatic heterocycles. The van der Waals surface area contributed by atoms with Crippen molar-refractivity contribution < 1.29 is 19.4 Å². The van der Waals surface area contributed by atoms with E-state index in [4.69, 9.17) is 4.74 Å². The first-order valence-electron chi connectivity index (χ1n) is 9.17. The van der Waals surface area contributed by atoms with Crippen LogP contribution >= 0.6 is 0 Å². The van der Waals surface area contributed by atoms with Gasteiger partial charge >= 0.3 is 5.97 Å². The van der Waals surface area contributed by atoms with E-state index in [1.165, 1.54) is 4.90 Å². The molecule has 0 aliphatic carbocycles. The molecule has 1 atom stereocenters. The fourth-order valence-corrected chi connectivity index (χ4v) is 3.78. The Hall–Kier alpha value is -2.86. The van der Waals surface area contributed by atoms with Crippen LogP contribution in [0.5, 0.6) is 0 Å². The Balaban J connectivity index is 1.62. The quantitative estimate of drug-likeness (QED) is 0.902. The molecule has 0 bridgehead atoms. The number of carbonyl (C=O) groups excluding carboxylic acids is 1. The standard InChI is InChI=1S/C21H22N2O4/c24-20(16-6-3-7-18(12-16)22-8-10-27-11-9-22)23-14-17-5-2-1-4-15(17)13-19(23)21(25)26/h1-7,12,19H,8-11,13-14H2,(H,25,26). The summed E-state index contributed by atoms with van der Waals surface area (Å²) in [6, 6.07) is 14.3. The predicted molar refractivity (Wildman–Crippen MR) is 101 cm³/mol. The number of hydrogen-bond acceptors (Lipinski definition) is 4. The van der Waals surface area contributed by atoms with Crippen molar-refractivity contribution in [1.29, 1.82) is 0 Å². The molecule has 1 amide bonds. The summed E-state index contributed by atoms with van der Waals surface area (Å²) in [5.74, 6) is -1.21. The zero-order valence-corrected chi connectivity index (χ0v) is 15.0. The minimum absolute atomic E-state index is 0.244. The van der Waals surface area contributed by atoms with Crippen molar-refractivity contribution in [3.8, 4) is 0 Å². The van der Waals surface area contributed by atoms with Crippen LogP contribution in [0.15, 0.2) is 48.5 Å². The molecule has 2 aliphatic rings. The molecule has 140 valence electrons. The maximum absolute atomic E-state index is 13.2. The van der Waals surface area contributed by atoms with Crippen molar-refractivity contribution in [3.63, 3.8) is 0 Å². The fourth-order valence-electron chi connectivity index (χ4n) is 3.78. The fraction of sp³-hybridized carbons (Fsp3) is 0.333. The van der Waals surface area contributed by atoms with E-state index >= 15 is 0 Å². The molecule has 0 radical (unpaired) electrons. The van der Waals surface area contributed by atoms with Gasteiger partial charge in [0.15, 0.2) is 0 Å². The molecule has 4 rings (SSSR count). The number of fused-ring (bicyclic) bond motifs is 1. The highest BCUT2D eigenvalue weighted by molar-refractivity contribution is 5.97. The average Bonchev–Trinajstić information content (AvgIpc) is 2.73. The van der Waals surface area contributed by atoms with Gasteiger partial charge in [0.2, 0.25) is 0 Å². The van der Waals surface area contributed by atoms with E-state index < -0.39 is 12.0 Å². The number of aliphatic carboxylic acids is 1. The van der Waals surface area contributed by atoms with Crippen molar-refractivity contribution in [2.24, 2.45) is 0 Å². The largest absolute Gasteiger partial charge is 0.480 e. The first kappa shape index (κ1) is 17.5. The lowest BCUT2D eigenvalue weighted by Gasteiger charge is -2.35. The summed E-state index contributed by atoms with van der Waals surface area (Å²) in [4.78, 5) is 28.6. The van der Waals surface area contributed by atoms with Crippen molar-refractivity contribution in [1.82, 2.24) is 4.90 Å². The third kappa shape index (κ3) is 3.53. The van der Waals surface area contributed by atoms with E-state index in [-0.39, 0.29) is 5.91 Å². The molecule has 6 heteroatoms. The predicted octanol–water partition coefficient (Wildman–Crippen LogP) is 2.17. The molecule has 1 N–H and O–H groups in total. The Labute approximate surface area is 158 Å². The van der Waals surface area contributed by atoms with Crippen LogP contribution in [0.2, 0.25) is 0 Å². The smallest absolute Gasteiger partial charge is 0.326 e. The van der Waals surface area contributed by atoms with Crippen LogP contribution in [-0.2, 0) is 22.5 Å². The average molecular weight is 366 g/mol. The van der Waals surface area contributed by atoms with Gasteiger partial charge < -0.3 is 19.6 Å². The van der Waals surface area contributed by atoms with Gasteiger partial charge in [-0.2, -0.15) is 0 Å². The van der Waals surface area contributed by atoms with Gasteiger partial charge in [-0.3, -0.25) is 4.79 Å². The lowest BCUT2D eigenvalue weighted by Crippen LogP contribution is -2.48. The second kappa shape index (κ2) is 7.40. The van der Waals surface area contributed by atoms with Gasteiger partial charge in [-0.25, -0.2) is 4.79 Å². The van der Waals surface area contributed by atoms with E-state index in [0.717, 1.165) is 29.9 Å². The van der Waals surface area contributed by atoms with Crippen molar-refractivity contribution in [2.75, 3.05) is 31.2 Å². The van der Waals surface area contributed by atoms with Gasteiger partial charge in [0, 0.05) is 37.3 Å². The Morgan fingerprint density at radius 1 is 1.00 bits per heavy atom. The molecular weight excluding hydrogens is 344 g/mol. The molecule has 1 fully saturated rings. The van der Waals surface area contributed by atoms with Crippen molar-refractivity contribution >= 4 is 17.6 Å². The number of hydrogen-bond donors (Lipinski definition) is 1. The van der Waals surface area contributed by atoms with Crippen molar-refractivity contribution in [3.05, 3.63) is 65.2 Å². The van der Waals surface area contributed by atoms with Crippen molar-refractivity contribution in [2.45, 2.75) is 19.0 Å². The van der Waals surface area contributed by atoms with Crippen LogP contribution in [0.4, 0.5) is 5.69 Å². The maximum Gasteiger partial charge on any atom is 0.326 e. The van der Waals surface area contributed by atoms with E-state index in [9.17, 15) is 14.7 Å². The molecule has 0 aromatic heterocycles. The van der Waals surface area contributed by atoms with Crippen LogP contribution in [-0.4, -0.2) is 54.2 Å². The van der Waals surface area contributed by atoms with Crippen LogP contribution in [0.3, 0.4) is 0 Å². The van der Waals surface area contributed by atoms with E-state index in [0.29, 0.717) is 31.7 Å². The second-order valence-corrected chi connectivity index (χ2v) is 6.91. The van der Waals surface area contributed by atoms with Gasteiger partial charge in [0.1, 0.15) is 6.04 Å². The Morgan fingerprint density at radius 2 is 1.74 bits per heavy atom. The number of ether oxygens (including phenoxy) is 1. The Bertz CT molecular complexity index is 861. The number of morpholine rings is 1. The first-order valence-corrected chi connectivity index (χ1v) is 9.17. The molecule has 2 aromatic carbocycles. The third-order valence-electron chi connectivity index (χ3n) is 5.26. The molecule has 0 spiro atoms. The van der Waals surface area contributed by atoms with Gasteiger partial charge in [-0.15, -0.1) is 0 Å². The van der Waals surface area contributed by atoms with E-state index in [1.54, 1.807) is 6.07 Å². The summed E-state index contributed by atoms with van der Waals surface area (Å²) in [5.41, 5.74) is 3.49. The molecule has 2 aromatic rings. The first-order chi connectivity index (χ1) is 13.1. The zero-order valence-electron chi connectivity index (χ0n) is 15.0. The minimum Gasteiger partial charge on any atom is -0.480 e. The van der Waals surface area contributed by atoms with E-state index in [2.05, 4.69) is 4.90 Å².